The molecule has 0 radical (unpaired) electrons. The van der Waals surface area contributed by atoms with Gasteiger partial charge in [0.15, 0.2) is 0 Å². The van der Waals surface area contributed by atoms with Gasteiger partial charge in [-0.2, -0.15) is 0 Å². The van der Waals surface area contributed by atoms with E-state index in [0.29, 0.717) is 6.42 Å². The third-order valence-corrected chi connectivity index (χ3v) is 2.80. The fraction of sp³-hybridized carbons (Fsp3) is 0.333. The van der Waals surface area contributed by atoms with Crippen LogP contribution in [0.4, 0.5) is 0 Å². The molecule has 1 atom stereocenters. The molecule has 66 valence electrons. The van der Waals surface area contributed by atoms with Gasteiger partial charge in [-0.15, -0.1) is 11.6 Å². The zero-order valence-corrected chi connectivity index (χ0v) is 8.85. The maximum absolute atomic E-state index is 8.69. The second-order valence-corrected chi connectivity index (χ2v) is 3.88. The first-order valence-electron chi connectivity index (χ1n) is 3.75. The van der Waals surface area contributed by atoms with Crippen molar-refractivity contribution in [3.63, 3.8) is 0 Å². The van der Waals surface area contributed by atoms with E-state index in [9.17, 15) is 0 Å². The van der Waals surface area contributed by atoms with Crippen molar-refractivity contribution in [1.29, 1.82) is 0 Å². The van der Waals surface area contributed by atoms with E-state index in [1.807, 2.05) is 24.3 Å². The van der Waals surface area contributed by atoms with Crippen LogP contribution in [-0.2, 0) is 0 Å². The highest BCUT2D eigenvalue weighted by Gasteiger charge is 2.09. The lowest BCUT2D eigenvalue weighted by Gasteiger charge is -2.09. The lowest BCUT2D eigenvalue weighted by atomic mass is 10.1. The molecule has 0 amide bonds. The van der Waals surface area contributed by atoms with Crippen LogP contribution in [0.3, 0.4) is 0 Å². The van der Waals surface area contributed by atoms with Gasteiger partial charge in [-0.3, -0.25) is 0 Å². The Labute approximate surface area is 85.5 Å². The maximum atomic E-state index is 8.69. The minimum absolute atomic E-state index is 0.106. The summed E-state index contributed by atoms with van der Waals surface area (Å²) >= 11 is 9.42. The molecule has 1 rings (SSSR count). The second kappa shape index (κ2) is 4.85. The predicted molar refractivity (Wildman–Crippen MR) is 54.4 cm³/mol. The van der Waals surface area contributed by atoms with E-state index in [1.165, 1.54) is 0 Å². The molecular formula is C9H10BrClO. The van der Waals surface area contributed by atoms with Gasteiger partial charge in [-0.1, -0.05) is 34.1 Å². The highest BCUT2D eigenvalue weighted by molar-refractivity contribution is 9.10. The first kappa shape index (κ1) is 10.0. The first-order chi connectivity index (χ1) is 5.75. The monoisotopic (exact) mass is 248 g/mol. The summed E-state index contributed by atoms with van der Waals surface area (Å²) in [6.07, 6.45) is 0.587. The van der Waals surface area contributed by atoms with Gasteiger partial charge in [-0.25, -0.2) is 0 Å². The van der Waals surface area contributed by atoms with Crippen LogP contribution in [0, 0.1) is 0 Å². The Kier molecular flexibility index (Phi) is 4.06. The topological polar surface area (TPSA) is 20.2 Å². The molecule has 0 bridgehead atoms. The average molecular weight is 250 g/mol. The summed E-state index contributed by atoms with van der Waals surface area (Å²) < 4.78 is 0.999. The van der Waals surface area contributed by atoms with Crippen LogP contribution < -0.4 is 0 Å². The number of aliphatic hydroxyl groups excluding tert-OH is 1. The number of alkyl halides is 1. The molecule has 0 heterocycles. The normalized spacial score (nSPS) is 12.9. The van der Waals surface area contributed by atoms with Crippen molar-refractivity contribution in [3.05, 3.63) is 34.3 Å². The Morgan fingerprint density at radius 2 is 2.08 bits per heavy atom. The summed E-state index contributed by atoms with van der Waals surface area (Å²) in [7, 11) is 0. The third kappa shape index (κ3) is 2.47. The molecule has 0 aliphatic heterocycles. The summed E-state index contributed by atoms with van der Waals surface area (Å²) in [5, 5.41) is 8.58. The number of benzene rings is 1. The molecule has 0 unspecified atom stereocenters. The quantitative estimate of drug-likeness (QED) is 0.816. The maximum Gasteiger partial charge on any atom is 0.0618 e. The number of rotatable bonds is 3. The van der Waals surface area contributed by atoms with Crippen molar-refractivity contribution in [2.45, 2.75) is 11.8 Å². The Morgan fingerprint density at radius 1 is 1.42 bits per heavy atom. The Hall–Kier alpha value is -0.0500. The minimum atomic E-state index is -0.106. The Bertz CT molecular complexity index is 252. The smallest absolute Gasteiger partial charge is 0.0618 e. The van der Waals surface area contributed by atoms with Gasteiger partial charge in [0.2, 0.25) is 0 Å². The van der Waals surface area contributed by atoms with Gasteiger partial charge in [0.25, 0.3) is 0 Å². The lowest BCUT2D eigenvalue weighted by Crippen LogP contribution is -1.94. The van der Waals surface area contributed by atoms with E-state index >= 15 is 0 Å². The van der Waals surface area contributed by atoms with Crippen molar-refractivity contribution in [1.82, 2.24) is 0 Å². The molecule has 0 saturated heterocycles. The number of hydrogen-bond acceptors (Lipinski definition) is 1. The molecule has 1 N–H and O–H groups in total. The van der Waals surface area contributed by atoms with E-state index < -0.39 is 0 Å². The summed E-state index contributed by atoms with van der Waals surface area (Å²) in [4.78, 5) is 0. The summed E-state index contributed by atoms with van der Waals surface area (Å²) in [5.74, 6) is 0. The van der Waals surface area contributed by atoms with Crippen LogP contribution in [0.2, 0.25) is 0 Å². The molecule has 3 heteroatoms. The highest BCUT2D eigenvalue weighted by atomic mass is 79.9. The van der Waals surface area contributed by atoms with Crippen molar-refractivity contribution in [2.24, 2.45) is 0 Å². The molecule has 1 aromatic rings. The molecule has 0 aliphatic rings. The van der Waals surface area contributed by atoms with Gasteiger partial charge >= 0.3 is 0 Å². The second-order valence-electron chi connectivity index (χ2n) is 2.50. The molecule has 1 aromatic carbocycles. The summed E-state index contributed by atoms with van der Waals surface area (Å²) in [6, 6.07) is 7.78. The molecule has 0 spiro atoms. The van der Waals surface area contributed by atoms with Gasteiger partial charge < -0.3 is 5.11 Å². The Morgan fingerprint density at radius 3 is 2.67 bits per heavy atom. The van der Waals surface area contributed by atoms with Crippen LogP contribution in [0.1, 0.15) is 17.4 Å². The van der Waals surface area contributed by atoms with Gasteiger partial charge in [0.1, 0.15) is 0 Å². The molecular weight excluding hydrogens is 239 g/mol. The fourth-order valence-electron chi connectivity index (χ4n) is 0.998. The number of aliphatic hydroxyl groups is 1. The van der Waals surface area contributed by atoms with E-state index in [2.05, 4.69) is 15.9 Å². The summed E-state index contributed by atoms with van der Waals surface area (Å²) in [6.45, 7) is 0.121. The molecule has 0 fully saturated rings. The van der Waals surface area contributed by atoms with Gasteiger partial charge in [0, 0.05) is 11.1 Å². The van der Waals surface area contributed by atoms with Crippen LogP contribution in [0.5, 0.6) is 0 Å². The van der Waals surface area contributed by atoms with Crippen molar-refractivity contribution >= 4 is 27.5 Å². The van der Waals surface area contributed by atoms with Gasteiger partial charge in [-0.05, 0) is 18.1 Å². The van der Waals surface area contributed by atoms with Crippen molar-refractivity contribution < 1.29 is 5.11 Å². The van der Waals surface area contributed by atoms with Crippen LogP contribution in [-0.4, -0.2) is 11.7 Å². The van der Waals surface area contributed by atoms with Crippen molar-refractivity contribution in [3.8, 4) is 0 Å². The Balaban J connectivity index is 2.79. The standard InChI is InChI=1S/C9H10BrClO/c10-8-4-2-1-3-7(8)9(11)5-6-12/h1-4,9,12H,5-6H2/t9-/m1/s1. The average Bonchev–Trinajstić information content (AvgIpc) is 2.05. The van der Waals surface area contributed by atoms with Crippen LogP contribution >= 0.6 is 27.5 Å². The van der Waals surface area contributed by atoms with E-state index in [0.717, 1.165) is 10.0 Å². The molecule has 0 saturated carbocycles. The largest absolute Gasteiger partial charge is 0.396 e. The number of halogens is 2. The van der Waals surface area contributed by atoms with Gasteiger partial charge in [0.05, 0.1) is 5.38 Å². The fourth-order valence-corrected chi connectivity index (χ4v) is 1.98. The van der Waals surface area contributed by atoms with E-state index in [1.54, 1.807) is 0 Å². The van der Waals surface area contributed by atoms with E-state index in [-0.39, 0.29) is 12.0 Å². The first-order valence-corrected chi connectivity index (χ1v) is 4.98. The molecule has 1 nitrogen and oxygen atoms in total. The SMILES string of the molecule is OCC[C@@H](Cl)c1ccccc1Br. The lowest BCUT2D eigenvalue weighted by molar-refractivity contribution is 0.286. The molecule has 0 aliphatic carbocycles. The summed E-state index contributed by atoms with van der Waals surface area (Å²) in [5.41, 5.74) is 1.04. The van der Waals surface area contributed by atoms with Crippen LogP contribution in [0.25, 0.3) is 0 Å². The zero-order chi connectivity index (χ0) is 8.97. The van der Waals surface area contributed by atoms with Crippen molar-refractivity contribution in [2.75, 3.05) is 6.61 Å². The predicted octanol–water partition coefficient (Wildman–Crippen LogP) is 3.11. The number of hydrogen-bond donors (Lipinski definition) is 1. The third-order valence-electron chi connectivity index (χ3n) is 1.63. The zero-order valence-electron chi connectivity index (χ0n) is 6.50. The molecule has 0 aromatic heterocycles. The highest BCUT2D eigenvalue weighted by Crippen LogP contribution is 2.29. The molecule has 12 heavy (non-hydrogen) atoms. The van der Waals surface area contributed by atoms with Crippen LogP contribution in [0.15, 0.2) is 28.7 Å². The van der Waals surface area contributed by atoms with E-state index in [4.69, 9.17) is 16.7 Å². The minimum Gasteiger partial charge on any atom is -0.396 e.